The maximum Gasteiger partial charge on any atom is 0.134 e. The van der Waals surface area contributed by atoms with Gasteiger partial charge in [0, 0.05) is 30.1 Å². The highest BCUT2D eigenvalue weighted by Crippen LogP contribution is 2.25. The fraction of sp³-hybridized carbons (Fsp3) is 0.500. The normalized spacial score (nSPS) is 11.3. The first-order valence-electron chi connectivity index (χ1n) is 8.03. The number of para-hydroxylation sites is 1. The number of aromatic nitrogens is 1. The van der Waals surface area contributed by atoms with E-state index in [0.29, 0.717) is 6.04 Å². The molecule has 1 aromatic heterocycles. The second-order valence-corrected chi connectivity index (χ2v) is 5.72. The lowest BCUT2D eigenvalue weighted by molar-refractivity contribution is 0.656. The van der Waals surface area contributed by atoms with Crippen LogP contribution in [0.3, 0.4) is 0 Å². The predicted octanol–water partition coefficient (Wildman–Crippen LogP) is 3.97. The first kappa shape index (κ1) is 15.8. The van der Waals surface area contributed by atoms with Crippen LogP contribution in [0.4, 0.5) is 5.82 Å². The van der Waals surface area contributed by atoms with Gasteiger partial charge in [-0.3, -0.25) is 0 Å². The highest BCUT2D eigenvalue weighted by Gasteiger charge is 2.15. The third kappa shape index (κ3) is 3.73. The summed E-state index contributed by atoms with van der Waals surface area (Å²) < 4.78 is 0. The van der Waals surface area contributed by atoms with E-state index in [1.54, 1.807) is 0 Å². The molecule has 2 aromatic rings. The van der Waals surface area contributed by atoms with E-state index in [4.69, 9.17) is 4.98 Å². The van der Waals surface area contributed by atoms with Gasteiger partial charge in [0.1, 0.15) is 5.82 Å². The van der Waals surface area contributed by atoms with E-state index in [1.807, 2.05) is 0 Å². The van der Waals surface area contributed by atoms with E-state index in [9.17, 15) is 0 Å². The van der Waals surface area contributed by atoms with Crippen molar-refractivity contribution < 1.29 is 0 Å². The van der Waals surface area contributed by atoms with Crippen LogP contribution < -0.4 is 10.2 Å². The molecule has 21 heavy (non-hydrogen) atoms. The fourth-order valence-electron chi connectivity index (χ4n) is 2.69. The summed E-state index contributed by atoms with van der Waals surface area (Å²) in [6.45, 7) is 11.7. The van der Waals surface area contributed by atoms with Crippen molar-refractivity contribution in [3.63, 3.8) is 0 Å². The van der Waals surface area contributed by atoms with E-state index in [0.717, 1.165) is 37.4 Å². The van der Waals surface area contributed by atoms with E-state index in [-0.39, 0.29) is 0 Å². The molecule has 0 saturated heterocycles. The summed E-state index contributed by atoms with van der Waals surface area (Å²) in [6, 6.07) is 11.1. The van der Waals surface area contributed by atoms with E-state index < -0.39 is 0 Å². The minimum absolute atomic E-state index is 0.452. The average Bonchev–Trinajstić information content (AvgIpc) is 2.48. The Morgan fingerprint density at radius 2 is 1.95 bits per heavy atom. The van der Waals surface area contributed by atoms with Crippen LogP contribution in [-0.4, -0.2) is 24.1 Å². The molecule has 0 amide bonds. The molecule has 3 nitrogen and oxygen atoms in total. The van der Waals surface area contributed by atoms with Gasteiger partial charge in [-0.15, -0.1) is 0 Å². The number of rotatable bonds is 7. The molecular weight excluding hydrogens is 258 g/mol. The zero-order chi connectivity index (χ0) is 15.2. The van der Waals surface area contributed by atoms with Gasteiger partial charge in [0.2, 0.25) is 0 Å². The highest BCUT2D eigenvalue weighted by atomic mass is 15.2. The summed E-state index contributed by atoms with van der Waals surface area (Å²) >= 11 is 0. The molecule has 0 spiro atoms. The van der Waals surface area contributed by atoms with Crippen LogP contribution >= 0.6 is 0 Å². The molecule has 0 bridgehead atoms. The van der Waals surface area contributed by atoms with Crippen LogP contribution in [-0.2, 0) is 6.54 Å². The molecule has 0 aliphatic carbocycles. The summed E-state index contributed by atoms with van der Waals surface area (Å²) in [5, 5.41) is 4.72. The van der Waals surface area contributed by atoms with Gasteiger partial charge in [-0.1, -0.05) is 25.1 Å². The SMILES string of the molecule is CCCNCc1cc2ccccc2nc1N(CC)C(C)C. The van der Waals surface area contributed by atoms with Crippen molar-refractivity contribution in [3.8, 4) is 0 Å². The largest absolute Gasteiger partial charge is 0.354 e. The lowest BCUT2D eigenvalue weighted by atomic mass is 10.1. The van der Waals surface area contributed by atoms with Crippen molar-refractivity contribution in [2.75, 3.05) is 18.0 Å². The number of fused-ring (bicyclic) bond motifs is 1. The number of pyridine rings is 1. The van der Waals surface area contributed by atoms with E-state index in [2.05, 4.69) is 68.2 Å². The van der Waals surface area contributed by atoms with Crippen molar-refractivity contribution in [1.29, 1.82) is 0 Å². The van der Waals surface area contributed by atoms with Crippen molar-refractivity contribution >= 4 is 16.7 Å². The number of hydrogen-bond acceptors (Lipinski definition) is 3. The van der Waals surface area contributed by atoms with Gasteiger partial charge in [0.05, 0.1) is 5.52 Å². The van der Waals surface area contributed by atoms with E-state index in [1.165, 1.54) is 10.9 Å². The van der Waals surface area contributed by atoms with Crippen LogP contribution in [0.15, 0.2) is 30.3 Å². The minimum atomic E-state index is 0.452. The first-order chi connectivity index (χ1) is 10.2. The number of nitrogens with one attached hydrogen (secondary N) is 1. The molecule has 0 aliphatic rings. The number of benzene rings is 1. The predicted molar refractivity (Wildman–Crippen MR) is 91.9 cm³/mol. The Kier molecular flexibility index (Phi) is 5.57. The van der Waals surface area contributed by atoms with Crippen molar-refractivity contribution in [1.82, 2.24) is 10.3 Å². The molecule has 0 unspecified atom stereocenters. The van der Waals surface area contributed by atoms with Gasteiger partial charge in [0.25, 0.3) is 0 Å². The Balaban J connectivity index is 2.44. The number of hydrogen-bond donors (Lipinski definition) is 1. The Bertz CT molecular complexity index is 578. The Hall–Kier alpha value is -1.61. The Labute approximate surface area is 128 Å². The molecule has 0 fully saturated rings. The number of anilines is 1. The zero-order valence-electron chi connectivity index (χ0n) is 13.7. The molecule has 1 N–H and O–H groups in total. The van der Waals surface area contributed by atoms with Crippen molar-refractivity contribution in [2.24, 2.45) is 0 Å². The topological polar surface area (TPSA) is 28.2 Å². The van der Waals surface area contributed by atoms with Crippen LogP contribution in [0.25, 0.3) is 10.9 Å². The van der Waals surface area contributed by atoms with Crippen molar-refractivity contribution in [3.05, 3.63) is 35.9 Å². The molecule has 0 radical (unpaired) electrons. The van der Waals surface area contributed by atoms with Gasteiger partial charge in [-0.05, 0) is 45.9 Å². The van der Waals surface area contributed by atoms with Crippen LogP contribution in [0.1, 0.15) is 39.7 Å². The Morgan fingerprint density at radius 1 is 1.19 bits per heavy atom. The number of nitrogens with zero attached hydrogens (tertiary/aromatic N) is 2. The van der Waals surface area contributed by atoms with Gasteiger partial charge in [0.15, 0.2) is 0 Å². The molecule has 114 valence electrons. The van der Waals surface area contributed by atoms with Gasteiger partial charge in [-0.2, -0.15) is 0 Å². The van der Waals surface area contributed by atoms with Crippen molar-refractivity contribution in [2.45, 2.75) is 46.7 Å². The quantitative estimate of drug-likeness (QED) is 0.780. The molecule has 1 heterocycles. The van der Waals surface area contributed by atoms with Gasteiger partial charge >= 0.3 is 0 Å². The summed E-state index contributed by atoms with van der Waals surface area (Å²) in [5.41, 5.74) is 2.36. The monoisotopic (exact) mass is 285 g/mol. The molecule has 3 heteroatoms. The maximum absolute atomic E-state index is 4.93. The maximum atomic E-state index is 4.93. The van der Waals surface area contributed by atoms with E-state index >= 15 is 0 Å². The Morgan fingerprint density at radius 3 is 2.62 bits per heavy atom. The van der Waals surface area contributed by atoms with Gasteiger partial charge < -0.3 is 10.2 Å². The third-order valence-corrected chi connectivity index (χ3v) is 3.76. The fourth-order valence-corrected chi connectivity index (χ4v) is 2.69. The molecule has 1 aromatic carbocycles. The molecule has 0 aliphatic heterocycles. The third-order valence-electron chi connectivity index (χ3n) is 3.76. The average molecular weight is 285 g/mol. The standard InChI is InChI=1S/C18H27N3/c1-5-11-19-13-16-12-15-9-7-8-10-17(15)20-18(16)21(6-2)14(3)4/h7-10,12,14,19H,5-6,11,13H2,1-4H3. The summed E-state index contributed by atoms with van der Waals surface area (Å²) in [6.07, 6.45) is 1.15. The van der Waals surface area contributed by atoms with Crippen LogP contribution in [0, 0.1) is 0 Å². The smallest absolute Gasteiger partial charge is 0.134 e. The lowest BCUT2D eigenvalue weighted by Gasteiger charge is -2.29. The second-order valence-electron chi connectivity index (χ2n) is 5.72. The first-order valence-corrected chi connectivity index (χ1v) is 8.03. The molecule has 0 saturated carbocycles. The summed E-state index contributed by atoms with van der Waals surface area (Å²) in [5.74, 6) is 1.12. The van der Waals surface area contributed by atoms with Crippen LogP contribution in [0.5, 0.6) is 0 Å². The lowest BCUT2D eigenvalue weighted by Crippen LogP contribution is -2.32. The highest BCUT2D eigenvalue weighted by molar-refractivity contribution is 5.81. The summed E-state index contributed by atoms with van der Waals surface area (Å²) in [7, 11) is 0. The second kappa shape index (κ2) is 7.41. The zero-order valence-corrected chi connectivity index (χ0v) is 13.7. The van der Waals surface area contributed by atoms with Crippen LogP contribution in [0.2, 0.25) is 0 Å². The molecular formula is C18H27N3. The minimum Gasteiger partial charge on any atom is -0.354 e. The molecule has 0 atom stereocenters. The van der Waals surface area contributed by atoms with Gasteiger partial charge in [-0.25, -0.2) is 4.98 Å². The summed E-state index contributed by atoms with van der Waals surface area (Å²) in [4.78, 5) is 7.30. The molecule has 2 rings (SSSR count).